The third kappa shape index (κ3) is 3.33. The topological polar surface area (TPSA) is 46.9 Å². The number of aromatic nitrogens is 2. The van der Waals surface area contributed by atoms with Crippen LogP contribution in [0.1, 0.15) is 34.1 Å². The van der Waals surface area contributed by atoms with Crippen molar-refractivity contribution < 1.29 is 4.79 Å². The number of fused-ring (bicyclic) bond motifs is 1. The molecule has 3 aromatic rings. The molecule has 1 aliphatic rings. The number of carbonyl (C=O) groups is 1. The molecule has 4 nitrogen and oxygen atoms in total. The van der Waals surface area contributed by atoms with Crippen molar-refractivity contribution in [2.75, 3.05) is 13.1 Å². The van der Waals surface area contributed by atoms with Crippen LogP contribution in [0.25, 0.3) is 11.3 Å². The predicted molar refractivity (Wildman–Crippen MR) is 103 cm³/mol. The van der Waals surface area contributed by atoms with E-state index in [4.69, 9.17) is 5.10 Å². The third-order valence-corrected chi connectivity index (χ3v) is 5.00. The van der Waals surface area contributed by atoms with Gasteiger partial charge < -0.3 is 5.32 Å². The molecule has 4 rings (SSSR count). The van der Waals surface area contributed by atoms with Crippen LogP contribution in [0.5, 0.6) is 0 Å². The van der Waals surface area contributed by atoms with Crippen molar-refractivity contribution in [1.29, 1.82) is 0 Å². The average Bonchev–Trinajstić information content (AvgIpc) is 2.83. The molecular weight excluding hydrogens is 322 g/mol. The number of nitrogens with one attached hydrogen (secondary N) is 1. The van der Waals surface area contributed by atoms with Crippen LogP contribution in [-0.4, -0.2) is 28.7 Å². The van der Waals surface area contributed by atoms with Gasteiger partial charge in [0.05, 0.1) is 12.2 Å². The van der Waals surface area contributed by atoms with Gasteiger partial charge in [-0.05, 0) is 25.5 Å². The highest BCUT2D eigenvalue weighted by molar-refractivity contribution is 5.94. The molecule has 0 aliphatic carbocycles. The Morgan fingerprint density at radius 1 is 1.04 bits per heavy atom. The van der Waals surface area contributed by atoms with Gasteiger partial charge in [0, 0.05) is 35.3 Å². The Labute approximate surface area is 153 Å². The van der Waals surface area contributed by atoms with Gasteiger partial charge in [-0.25, -0.2) is 0 Å². The fourth-order valence-electron chi connectivity index (χ4n) is 3.60. The lowest BCUT2D eigenvalue weighted by Gasteiger charge is -2.07. The Hall–Kier alpha value is -2.72. The summed E-state index contributed by atoms with van der Waals surface area (Å²) in [6.07, 6.45) is 1.97. The minimum Gasteiger partial charge on any atom is -0.316 e. The van der Waals surface area contributed by atoms with Gasteiger partial charge in [0.1, 0.15) is 0 Å². The van der Waals surface area contributed by atoms with E-state index >= 15 is 0 Å². The van der Waals surface area contributed by atoms with E-state index < -0.39 is 0 Å². The van der Waals surface area contributed by atoms with Crippen molar-refractivity contribution in [1.82, 2.24) is 15.1 Å². The predicted octanol–water partition coefficient (Wildman–Crippen LogP) is 3.49. The molecule has 4 heteroatoms. The normalized spacial score (nSPS) is 13.9. The van der Waals surface area contributed by atoms with Crippen LogP contribution in [0.3, 0.4) is 0 Å². The summed E-state index contributed by atoms with van der Waals surface area (Å²) in [7, 11) is 0. The van der Waals surface area contributed by atoms with Gasteiger partial charge >= 0.3 is 0 Å². The van der Waals surface area contributed by atoms with Crippen LogP contribution in [0.15, 0.2) is 54.6 Å². The van der Waals surface area contributed by atoms with Crippen LogP contribution in [0.4, 0.5) is 0 Å². The summed E-state index contributed by atoms with van der Waals surface area (Å²) in [5.74, 6) is 0.0918. The fourth-order valence-corrected chi connectivity index (χ4v) is 3.60. The first-order valence-electron chi connectivity index (χ1n) is 9.17. The van der Waals surface area contributed by atoms with E-state index in [1.807, 2.05) is 30.3 Å². The molecule has 0 unspecified atom stereocenters. The second-order valence-corrected chi connectivity index (χ2v) is 6.80. The maximum absolute atomic E-state index is 11.6. The highest BCUT2D eigenvalue weighted by Gasteiger charge is 2.20. The highest BCUT2D eigenvalue weighted by atomic mass is 16.1. The molecule has 26 heavy (non-hydrogen) atoms. The SMILES string of the molecule is CC(=O)c1ccc(-c2nn(Cc3ccccc3)c3c2CCNCC3)cc1. The van der Waals surface area contributed by atoms with Crippen molar-refractivity contribution >= 4 is 5.78 Å². The molecule has 1 aromatic heterocycles. The fraction of sp³-hybridized carbons (Fsp3) is 0.273. The Morgan fingerprint density at radius 3 is 2.50 bits per heavy atom. The molecule has 0 saturated heterocycles. The van der Waals surface area contributed by atoms with Crippen LogP contribution in [0, 0.1) is 0 Å². The molecule has 2 aromatic carbocycles. The van der Waals surface area contributed by atoms with Crippen LogP contribution in [0.2, 0.25) is 0 Å². The number of Topliss-reactive ketones (excluding diaryl/α,β-unsaturated/α-hetero) is 1. The van der Waals surface area contributed by atoms with Crippen molar-refractivity contribution in [2.45, 2.75) is 26.3 Å². The summed E-state index contributed by atoms with van der Waals surface area (Å²) in [4.78, 5) is 11.6. The number of rotatable bonds is 4. The zero-order valence-corrected chi connectivity index (χ0v) is 15.0. The summed E-state index contributed by atoms with van der Waals surface area (Å²) in [6, 6.07) is 18.3. The summed E-state index contributed by atoms with van der Waals surface area (Å²) in [5, 5.41) is 8.47. The molecule has 0 spiro atoms. The van der Waals surface area contributed by atoms with Gasteiger partial charge in [-0.2, -0.15) is 5.10 Å². The first kappa shape index (κ1) is 16.7. The summed E-state index contributed by atoms with van der Waals surface area (Å²) < 4.78 is 2.16. The van der Waals surface area contributed by atoms with Crippen molar-refractivity contribution in [3.8, 4) is 11.3 Å². The molecule has 0 radical (unpaired) electrons. The molecular formula is C22H23N3O. The number of benzene rings is 2. The van der Waals surface area contributed by atoms with E-state index in [0.717, 1.165) is 49.3 Å². The Bertz CT molecular complexity index is 911. The quantitative estimate of drug-likeness (QED) is 0.736. The van der Waals surface area contributed by atoms with Gasteiger partial charge in [0.25, 0.3) is 0 Å². The van der Waals surface area contributed by atoms with Gasteiger partial charge in [-0.3, -0.25) is 9.48 Å². The van der Waals surface area contributed by atoms with E-state index in [1.165, 1.54) is 16.8 Å². The largest absolute Gasteiger partial charge is 0.316 e. The molecule has 2 heterocycles. The Balaban J connectivity index is 1.75. The number of nitrogens with zero attached hydrogens (tertiary/aromatic N) is 2. The van der Waals surface area contributed by atoms with E-state index in [9.17, 15) is 4.79 Å². The van der Waals surface area contributed by atoms with Crippen LogP contribution in [-0.2, 0) is 19.4 Å². The van der Waals surface area contributed by atoms with Crippen molar-refractivity contribution in [3.63, 3.8) is 0 Å². The average molecular weight is 345 g/mol. The lowest BCUT2D eigenvalue weighted by molar-refractivity contribution is 0.101. The zero-order chi connectivity index (χ0) is 17.9. The summed E-state index contributed by atoms with van der Waals surface area (Å²) >= 11 is 0. The molecule has 1 aliphatic heterocycles. The maximum atomic E-state index is 11.6. The van der Waals surface area contributed by atoms with E-state index in [2.05, 4.69) is 34.3 Å². The minimum absolute atomic E-state index is 0.0918. The second kappa shape index (κ2) is 7.26. The molecule has 0 saturated carbocycles. The Kier molecular flexibility index (Phi) is 4.67. The molecule has 132 valence electrons. The van der Waals surface area contributed by atoms with E-state index in [-0.39, 0.29) is 5.78 Å². The Morgan fingerprint density at radius 2 is 1.77 bits per heavy atom. The first-order chi connectivity index (χ1) is 12.7. The smallest absolute Gasteiger partial charge is 0.159 e. The second-order valence-electron chi connectivity index (χ2n) is 6.80. The summed E-state index contributed by atoms with van der Waals surface area (Å²) in [5.41, 5.74) is 6.79. The maximum Gasteiger partial charge on any atom is 0.159 e. The lowest BCUT2D eigenvalue weighted by Crippen LogP contribution is -2.17. The number of hydrogen-bond donors (Lipinski definition) is 1. The third-order valence-electron chi connectivity index (χ3n) is 5.00. The number of ketones is 1. The number of carbonyl (C=O) groups excluding carboxylic acids is 1. The van der Waals surface area contributed by atoms with Gasteiger partial charge in [0.2, 0.25) is 0 Å². The van der Waals surface area contributed by atoms with Crippen LogP contribution >= 0.6 is 0 Å². The standard InChI is InChI=1S/C22H23N3O/c1-16(26)18-7-9-19(10-8-18)22-20-11-13-23-14-12-21(20)25(24-22)15-17-5-3-2-4-6-17/h2-10,23H,11-15H2,1H3. The monoisotopic (exact) mass is 345 g/mol. The van der Waals surface area contributed by atoms with Crippen molar-refractivity contribution in [2.24, 2.45) is 0 Å². The minimum atomic E-state index is 0.0918. The molecule has 0 bridgehead atoms. The molecule has 0 fully saturated rings. The van der Waals surface area contributed by atoms with E-state index in [1.54, 1.807) is 6.92 Å². The first-order valence-corrected chi connectivity index (χ1v) is 9.17. The number of hydrogen-bond acceptors (Lipinski definition) is 3. The zero-order valence-electron chi connectivity index (χ0n) is 15.0. The van der Waals surface area contributed by atoms with Gasteiger partial charge in [0.15, 0.2) is 5.78 Å². The van der Waals surface area contributed by atoms with E-state index in [0.29, 0.717) is 0 Å². The molecule has 1 N–H and O–H groups in total. The van der Waals surface area contributed by atoms with Crippen LogP contribution < -0.4 is 5.32 Å². The lowest BCUT2D eigenvalue weighted by atomic mass is 10.0. The summed E-state index contributed by atoms with van der Waals surface area (Å²) in [6.45, 7) is 4.34. The molecule has 0 atom stereocenters. The van der Waals surface area contributed by atoms with Crippen molar-refractivity contribution in [3.05, 3.63) is 77.0 Å². The highest BCUT2D eigenvalue weighted by Crippen LogP contribution is 2.28. The molecule has 0 amide bonds. The van der Waals surface area contributed by atoms with Gasteiger partial charge in [-0.15, -0.1) is 0 Å². The van der Waals surface area contributed by atoms with Gasteiger partial charge in [-0.1, -0.05) is 54.6 Å².